The highest BCUT2D eigenvalue weighted by atomic mass is 19.1. The van der Waals surface area contributed by atoms with Gasteiger partial charge in [0.15, 0.2) is 0 Å². The molecule has 0 bridgehead atoms. The van der Waals surface area contributed by atoms with Crippen molar-refractivity contribution in [3.05, 3.63) is 35.6 Å². The number of benzene rings is 1. The average molecular weight is 206 g/mol. The fraction of sp³-hybridized carbons (Fsp3) is 0.333. The van der Waals surface area contributed by atoms with Crippen LogP contribution in [0.25, 0.3) is 0 Å². The molecule has 3 heteroatoms. The van der Waals surface area contributed by atoms with Gasteiger partial charge in [0.1, 0.15) is 5.82 Å². The Hall–Kier alpha value is -1.37. The maximum absolute atomic E-state index is 13.4. The summed E-state index contributed by atoms with van der Waals surface area (Å²) in [7, 11) is 0. The van der Waals surface area contributed by atoms with E-state index in [1.807, 2.05) is 6.92 Å². The molecule has 1 aromatic rings. The van der Waals surface area contributed by atoms with Crippen molar-refractivity contribution >= 4 is 0 Å². The molecule has 0 aliphatic carbocycles. The Labute approximate surface area is 89.7 Å². The van der Waals surface area contributed by atoms with E-state index in [4.69, 9.17) is 12.2 Å². The molecule has 80 valence electrons. The minimum Gasteiger partial charge on any atom is -0.329 e. The third kappa shape index (κ3) is 3.05. The van der Waals surface area contributed by atoms with Gasteiger partial charge in [-0.15, -0.1) is 6.42 Å². The Bertz CT molecular complexity index is 357. The molecule has 0 amide bonds. The van der Waals surface area contributed by atoms with E-state index in [-0.39, 0.29) is 17.9 Å². The quantitative estimate of drug-likeness (QED) is 0.731. The van der Waals surface area contributed by atoms with Crippen LogP contribution < -0.4 is 11.1 Å². The van der Waals surface area contributed by atoms with E-state index in [2.05, 4.69) is 11.2 Å². The first-order chi connectivity index (χ1) is 7.19. The van der Waals surface area contributed by atoms with E-state index < -0.39 is 0 Å². The van der Waals surface area contributed by atoms with E-state index in [0.717, 1.165) is 0 Å². The van der Waals surface area contributed by atoms with Gasteiger partial charge in [-0.2, -0.15) is 0 Å². The van der Waals surface area contributed by atoms with Crippen molar-refractivity contribution in [2.24, 2.45) is 5.73 Å². The normalized spacial score (nSPS) is 14.3. The Morgan fingerprint density at radius 3 is 2.73 bits per heavy atom. The van der Waals surface area contributed by atoms with Crippen LogP contribution in [0.15, 0.2) is 24.3 Å². The topological polar surface area (TPSA) is 38.0 Å². The third-order valence-electron chi connectivity index (χ3n) is 2.22. The highest BCUT2D eigenvalue weighted by molar-refractivity contribution is 5.22. The molecule has 0 fully saturated rings. The number of halogens is 1. The number of nitrogens with two attached hydrogens (primary N) is 1. The van der Waals surface area contributed by atoms with Gasteiger partial charge in [-0.05, 0) is 13.0 Å². The number of rotatable bonds is 4. The van der Waals surface area contributed by atoms with E-state index >= 15 is 0 Å². The van der Waals surface area contributed by atoms with Crippen LogP contribution in [0, 0.1) is 18.2 Å². The number of hydrogen-bond acceptors (Lipinski definition) is 2. The Balaban J connectivity index is 2.84. The Morgan fingerprint density at radius 1 is 1.53 bits per heavy atom. The predicted molar refractivity (Wildman–Crippen MR) is 59.6 cm³/mol. The molecule has 3 N–H and O–H groups in total. The van der Waals surface area contributed by atoms with Gasteiger partial charge in [0.05, 0.1) is 6.04 Å². The summed E-state index contributed by atoms with van der Waals surface area (Å²) in [6, 6.07) is 6.19. The van der Waals surface area contributed by atoms with E-state index in [1.165, 1.54) is 6.07 Å². The molecule has 2 unspecified atom stereocenters. The van der Waals surface area contributed by atoms with Crippen LogP contribution in [-0.2, 0) is 0 Å². The standard InChI is InChI=1S/C12H15FN2/c1-3-9(2)15-12(8-14)10-6-4-5-7-11(10)13/h1,4-7,9,12,15H,8,14H2,2H3. The molecule has 2 nitrogen and oxygen atoms in total. The zero-order valence-electron chi connectivity index (χ0n) is 8.70. The van der Waals surface area contributed by atoms with Crippen LogP contribution in [0.2, 0.25) is 0 Å². The third-order valence-corrected chi connectivity index (χ3v) is 2.22. The highest BCUT2D eigenvalue weighted by Crippen LogP contribution is 2.16. The van der Waals surface area contributed by atoms with Crippen molar-refractivity contribution in [3.8, 4) is 12.3 Å². The Morgan fingerprint density at radius 2 is 2.20 bits per heavy atom. The molecule has 0 aliphatic rings. The molecule has 0 aromatic heterocycles. The van der Waals surface area contributed by atoms with Crippen LogP contribution >= 0.6 is 0 Å². The summed E-state index contributed by atoms with van der Waals surface area (Å²) in [5.41, 5.74) is 6.14. The lowest BCUT2D eigenvalue weighted by Crippen LogP contribution is -2.34. The van der Waals surface area contributed by atoms with Crippen molar-refractivity contribution in [2.75, 3.05) is 6.54 Å². The zero-order valence-corrected chi connectivity index (χ0v) is 8.70. The number of hydrogen-bond donors (Lipinski definition) is 2. The SMILES string of the molecule is C#CC(C)NC(CN)c1ccccc1F. The van der Waals surface area contributed by atoms with Crippen molar-refractivity contribution in [1.82, 2.24) is 5.32 Å². The highest BCUT2D eigenvalue weighted by Gasteiger charge is 2.14. The predicted octanol–water partition coefficient (Wildman–Crippen LogP) is 1.44. The second kappa shape index (κ2) is 5.50. The molecule has 1 rings (SSSR count). The van der Waals surface area contributed by atoms with Crippen molar-refractivity contribution < 1.29 is 4.39 Å². The average Bonchev–Trinajstić information content (AvgIpc) is 2.26. The fourth-order valence-electron chi connectivity index (χ4n) is 1.39. The first-order valence-electron chi connectivity index (χ1n) is 4.85. The van der Waals surface area contributed by atoms with Crippen molar-refractivity contribution in [2.45, 2.75) is 19.0 Å². The summed E-state index contributed by atoms with van der Waals surface area (Å²) in [6.45, 7) is 2.15. The van der Waals surface area contributed by atoms with Gasteiger partial charge in [0, 0.05) is 18.2 Å². The summed E-state index contributed by atoms with van der Waals surface area (Å²) in [4.78, 5) is 0. The van der Waals surface area contributed by atoms with Gasteiger partial charge in [0.25, 0.3) is 0 Å². The maximum atomic E-state index is 13.4. The van der Waals surface area contributed by atoms with Crippen LogP contribution in [0.5, 0.6) is 0 Å². The van der Waals surface area contributed by atoms with E-state index in [0.29, 0.717) is 12.1 Å². The molecular formula is C12H15FN2. The lowest BCUT2D eigenvalue weighted by atomic mass is 10.1. The molecule has 0 aliphatic heterocycles. The van der Waals surface area contributed by atoms with Gasteiger partial charge in [-0.1, -0.05) is 24.1 Å². The summed E-state index contributed by atoms with van der Waals surface area (Å²) >= 11 is 0. The molecule has 15 heavy (non-hydrogen) atoms. The van der Waals surface area contributed by atoms with Gasteiger partial charge < -0.3 is 5.73 Å². The van der Waals surface area contributed by atoms with Gasteiger partial charge in [-0.3, -0.25) is 5.32 Å². The summed E-state index contributed by atoms with van der Waals surface area (Å²) < 4.78 is 13.4. The molecule has 2 atom stereocenters. The molecule has 0 saturated carbocycles. The van der Waals surface area contributed by atoms with E-state index in [1.54, 1.807) is 18.2 Å². The first kappa shape index (κ1) is 11.7. The van der Waals surface area contributed by atoms with Crippen LogP contribution in [0.3, 0.4) is 0 Å². The van der Waals surface area contributed by atoms with Gasteiger partial charge >= 0.3 is 0 Å². The fourth-order valence-corrected chi connectivity index (χ4v) is 1.39. The molecule has 0 heterocycles. The van der Waals surface area contributed by atoms with Crippen molar-refractivity contribution in [3.63, 3.8) is 0 Å². The van der Waals surface area contributed by atoms with Gasteiger partial charge in [0.2, 0.25) is 0 Å². The molecule has 1 aromatic carbocycles. The second-order valence-electron chi connectivity index (χ2n) is 3.36. The van der Waals surface area contributed by atoms with E-state index in [9.17, 15) is 4.39 Å². The van der Waals surface area contributed by atoms with Crippen LogP contribution in [-0.4, -0.2) is 12.6 Å². The lowest BCUT2D eigenvalue weighted by molar-refractivity contribution is 0.490. The summed E-state index contributed by atoms with van der Waals surface area (Å²) in [5.74, 6) is 2.27. The molecule has 0 spiro atoms. The second-order valence-corrected chi connectivity index (χ2v) is 3.36. The lowest BCUT2D eigenvalue weighted by Gasteiger charge is -2.19. The minimum absolute atomic E-state index is 0.127. The molecule has 0 radical (unpaired) electrons. The number of nitrogens with one attached hydrogen (secondary N) is 1. The molecule has 0 saturated heterocycles. The van der Waals surface area contributed by atoms with Crippen LogP contribution in [0.1, 0.15) is 18.5 Å². The first-order valence-corrected chi connectivity index (χ1v) is 4.85. The maximum Gasteiger partial charge on any atom is 0.128 e. The largest absolute Gasteiger partial charge is 0.329 e. The zero-order chi connectivity index (χ0) is 11.3. The van der Waals surface area contributed by atoms with Crippen LogP contribution in [0.4, 0.5) is 4.39 Å². The smallest absolute Gasteiger partial charge is 0.128 e. The Kier molecular flexibility index (Phi) is 4.29. The number of terminal acetylenes is 1. The van der Waals surface area contributed by atoms with Crippen molar-refractivity contribution in [1.29, 1.82) is 0 Å². The molecular weight excluding hydrogens is 191 g/mol. The van der Waals surface area contributed by atoms with Gasteiger partial charge in [-0.25, -0.2) is 4.39 Å². The summed E-state index contributed by atoms with van der Waals surface area (Å²) in [6.07, 6.45) is 5.24. The monoisotopic (exact) mass is 206 g/mol. The summed E-state index contributed by atoms with van der Waals surface area (Å²) in [5, 5.41) is 3.07. The minimum atomic E-state index is -0.260.